The second-order valence-corrected chi connectivity index (χ2v) is 4.77. The Kier molecular flexibility index (Phi) is 9.08. The van der Waals surface area contributed by atoms with Crippen LogP contribution >= 0.6 is 11.8 Å². The summed E-state index contributed by atoms with van der Waals surface area (Å²) in [5.41, 5.74) is 0. The van der Waals surface area contributed by atoms with E-state index in [1.807, 2.05) is 6.92 Å². The molecule has 6 nitrogen and oxygen atoms in total. The zero-order valence-corrected chi connectivity index (χ0v) is 11.8. The molecule has 0 fully saturated rings. The summed E-state index contributed by atoms with van der Waals surface area (Å²) in [7, 11) is 1.33. The second kappa shape index (κ2) is 9.76. The molecule has 0 saturated heterocycles. The van der Waals surface area contributed by atoms with Gasteiger partial charge in [0.2, 0.25) is 5.91 Å². The van der Waals surface area contributed by atoms with E-state index in [1.54, 1.807) is 6.92 Å². The summed E-state index contributed by atoms with van der Waals surface area (Å²) in [6.45, 7) is 4.18. The van der Waals surface area contributed by atoms with Gasteiger partial charge in [-0.2, -0.15) is 11.8 Å². The van der Waals surface area contributed by atoms with Gasteiger partial charge in [0.05, 0.1) is 18.8 Å². The topological polar surface area (TPSA) is 84.5 Å². The average molecular weight is 276 g/mol. The van der Waals surface area contributed by atoms with Gasteiger partial charge in [-0.05, 0) is 6.42 Å². The van der Waals surface area contributed by atoms with Crippen molar-refractivity contribution in [2.45, 2.75) is 20.3 Å². The van der Waals surface area contributed by atoms with Crippen LogP contribution in [0.25, 0.3) is 0 Å². The smallest absolute Gasteiger partial charge is 0.321 e. The van der Waals surface area contributed by atoms with Crippen molar-refractivity contribution in [3.8, 4) is 0 Å². The molecule has 0 spiro atoms. The summed E-state index contributed by atoms with van der Waals surface area (Å²) >= 11 is 1.29. The molecule has 0 saturated carbocycles. The Balaban J connectivity index is 3.71. The molecule has 0 bridgehead atoms. The predicted molar refractivity (Wildman–Crippen MR) is 70.3 cm³/mol. The molecule has 0 aromatic carbocycles. The molecule has 18 heavy (non-hydrogen) atoms. The van der Waals surface area contributed by atoms with E-state index in [0.717, 1.165) is 6.42 Å². The van der Waals surface area contributed by atoms with E-state index in [0.29, 0.717) is 12.3 Å². The monoisotopic (exact) mass is 276 g/mol. The molecule has 3 amide bonds. The second-order valence-electron chi connectivity index (χ2n) is 3.74. The van der Waals surface area contributed by atoms with Crippen LogP contribution in [-0.4, -0.2) is 43.1 Å². The van der Waals surface area contributed by atoms with Gasteiger partial charge >= 0.3 is 12.0 Å². The fraction of sp³-hybridized carbons (Fsp3) is 0.727. The van der Waals surface area contributed by atoms with E-state index in [2.05, 4.69) is 15.4 Å². The number of methoxy groups -OCH3 is 1. The number of esters is 1. The maximum atomic E-state index is 11.3. The number of nitrogens with one attached hydrogen (secondary N) is 2. The van der Waals surface area contributed by atoms with Crippen molar-refractivity contribution in [1.82, 2.24) is 10.6 Å². The van der Waals surface area contributed by atoms with Crippen LogP contribution < -0.4 is 10.6 Å². The number of rotatable bonds is 7. The average Bonchev–Trinajstić information content (AvgIpc) is 2.34. The number of ether oxygens (including phenoxy) is 1. The minimum Gasteiger partial charge on any atom is -0.469 e. The van der Waals surface area contributed by atoms with Crippen LogP contribution in [0, 0.1) is 5.92 Å². The molecule has 0 radical (unpaired) electrons. The normalized spacial score (nSPS) is 11.5. The van der Waals surface area contributed by atoms with E-state index >= 15 is 0 Å². The first-order valence-electron chi connectivity index (χ1n) is 5.74. The number of carbonyl (C=O) groups excluding carboxylic acids is 3. The highest BCUT2D eigenvalue weighted by molar-refractivity contribution is 7.99. The Labute approximate surface area is 111 Å². The molecule has 0 aliphatic rings. The van der Waals surface area contributed by atoms with Gasteiger partial charge in [-0.1, -0.05) is 13.8 Å². The summed E-state index contributed by atoms with van der Waals surface area (Å²) in [5.74, 6) is -0.312. The predicted octanol–water partition coefficient (Wildman–Crippen LogP) is 0.764. The lowest BCUT2D eigenvalue weighted by Gasteiger charge is -2.08. The van der Waals surface area contributed by atoms with Crippen LogP contribution in [0.2, 0.25) is 0 Å². The van der Waals surface area contributed by atoms with E-state index in [-0.39, 0.29) is 23.5 Å². The molecule has 1 unspecified atom stereocenters. The minimum atomic E-state index is -0.483. The summed E-state index contributed by atoms with van der Waals surface area (Å²) < 4.78 is 4.56. The standard InChI is InChI=1S/C11H20N2O4S/c1-4-5-12-11(16)13-9(14)7-18-6-8(2)10(15)17-3/h8H,4-7H2,1-3H3,(H2,12,13,14,16). The summed E-state index contributed by atoms with van der Waals surface area (Å²) in [5, 5.41) is 4.74. The third-order valence-electron chi connectivity index (χ3n) is 1.99. The van der Waals surface area contributed by atoms with Crippen LogP contribution in [0.3, 0.4) is 0 Å². The van der Waals surface area contributed by atoms with Gasteiger partial charge in [0.1, 0.15) is 0 Å². The lowest BCUT2D eigenvalue weighted by atomic mass is 10.2. The lowest BCUT2D eigenvalue weighted by Crippen LogP contribution is -2.40. The first-order valence-corrected chi connectivity index (χ1v) is 6.90. The Bertz CT molecular complexity index is 297. The highest BCUT2D eigenvalue weighted by Gasteiger charge is 2.14. The van der Waals surface area contributed by atoms with Crippen molar-refractivity contribution in [3.05, 3.63) is 0 Å². The minimum absolute atomic E-state index is 0.140. The van der Waals surface area contributed by atoms with Crippen molar-refractivity contribution >= 4 is 29.7 Å². The maximum absolute atomic E-state index is 11.3. The van der Waals surface area contributed by atoms with Gasteiger partial charge in [0, 0.05) is 12.3 Å². The molecule has 0 rings (SSSR count). The SMILES string of the molecule is CCCNC(=O)NC(=O)CSCC(C)C(=O)OC. The van der Waals surface area contributed by atoms with Gasteiger partial charge in [0.15, 0.2) is 0 Å². The Morgan fingerprint density at radius 1 is 1.33 bits per heavy atom. The molecule has 0 aliphatic carbocycles. The molecule has 0 aromatic heterocycles. The maximum Gasteiger partial charge on any atom is 0.321 e. The van der Waals surface area contributed by atoms with Crippen LogP contribution in [0.5, 0.6) is 0 Å². The van der Waals surface area contributed by atoms with Gasteiger partial charge in [0.25, 0.3) is 0 Å². The van der Waals surface area contributed by atoms with Gasteiger partial charge in [-0.15, -0.1) is 0 Å². The largest absolute Gasteiger partial charge is 0.469 e. The van der Waals surface area contributed by atoms with Crippen molar-refractivity contribution in [2.24, 2.45) is 5.92 Å². The number of urea groups is 1. The summed E-state index contributed by atoms with van der Waals surface area (Å²) in [4.78, 5) is 33.5. The number of hydrogen-bond donors (Lipinski definition) is 2. The molecular weight excluding hydrogens is 256 g/mol. The number of imide groups is 1. The van der Waals surface area contributed by atoms with Crippen molar-refractivity contribution < 1.29 is 19.1 Å². The highest BCUT2D eigenvalue weighted by Crippen LogP contribution is 2.09. The Morgan fingerprint density at radius 2 is 2.00 bits per heavy atom. The van der Waals surface area contributed by atoms with Crippen LogP contribution in [0.4, 0.5) is 4.79 Å². The molecular formula is C11H20N2O4S. The van der Waals surface area contributed by atoms with Crippen LogP contribution in [0.1, 0.15) is 20.3 Å². The number of amides is 3. The van der Waals surface area contributed by atoms with E-state index in [4.69, 9.17) is 0 Å². The Hall–Kier alpha value is -1.24. The fourth-order valence-electron chi connectivity index (χ4n) is 1.04. The van der Waals surface area contributed by atoms with Crippen LogP contribution in [-0.2, 0) is 14.3 Å². The molecule has 1 atom stereocenters. The molecule has 2 N–H and O–H groups in total. The van der Waals surface area contributed by atoms with E-state index in [9.17, 15) is 14.4 Å². The van der Waals surface area contributed by atoms with E-state index in [1.165, 1.54) is 18.9 Å². The third-order valence-corrected chi connectivity index (χ3v) is 3.20. The third kappa shape index (κ3) is 7.94. The number of hydrogen-bond acceptors (Lipinski definition) is 5. The van der Waals surface area contributed by atoms with Crippen molar-refractivity contribution in [3.63, 3.8) is 0 Å². The quantitative estimate of drug-likeness (QED) is 0.671. The molecule has 0 heterocycles. The van der Waals surface area contributed by atoms with Gasteiger partial charge in [-0.25, -0.2) is 4.79 Å². The highest BCUT2D eigenvalue weighted by atomic mass is 32.2. The molecule has 0 aromatic rings. The first kappa shape index (κ1) is 16.8. The van der Waals surface area contributed by atoms with Crippen molar-refractivity contribution in [2.75, 3.05) is 25.2 Å². The fourth-order valence-corrected chi connectivity index (χ4v) is 1.91. The number of thioether (sulfide) groups is 1. The molecule has 7 heteroatoms. The summed E-state index contributed by atoms with van der Waals surface area (Å²) in [6, 6.07) is -0.483. The molecule has 0 aliphatic heterocycles. The Morgan fingerprint density at radius 3 is 2.56 bits per heavy atom. The lowest BCUT2D eigenvalue weighted by molar-refractivity contribution is -0.144. The van der Waals surface area contributed by atoms with Crippen LogP contribution in [0.15, 0.2) is 0 Å². The zero-order valence-electron chi connectivity index (χ0n) is 10.9. The first-order chi connectivity index (χ1) is 8.51. The number of carbonyl (C=O) groups is 3. The zero-order chi connectivity index (χ0) is 14.0. The molecule has 104 valence electrons. The van der Waals surface area contributed by atoms with Crippen molar-refractivity contribution in [1.29, 1.82) is 0 Å². The summed E-state index contributed by atoms with van der Waals surface area (Å²) in [6.07, 6.45) is 0.813. The van der Waals surface area contributed by atoms with Gasteiger partial charge < -0.3 is 10.1 Å². The van der Waals surface area contributed by atoms with Gasteiger partial charge in [-0.3, -0.25) is 14.9 Å². The van der Waals surface area contributed by atoms with E-state index < -0.39 is 6.03 Å².